The zero-order chi connectivity index (χ0) is 14.9. The van der Waals surface area contributed by atoms with Gasteiger partial charge in [0.1, 0.15) is 0 Å². The van der Waals surface area contributed by atoms with Gasteiger partial charge in [0.15, 0.2) is 11.6 Å². The van der Waals surface area contributed by atoms with E-state index in [1.807, 2.05) is 0 Å². The first kappa shape index (κ1) is 14.3. The Labute approximate surface area is 123 Å². The van der Waals surface area contributed by atoms with E-state index in [9.17, 15) is 9.18 Å². The Morgan fingerprint density at radius 1 is 1.29 bits per heavy atom. The van der Waals surface area contributed by atoms with E-state index in [4.69, 9.17) is 10.5 Å². The number of anilines is 1. The average Bonchev–Trinajstić information content (AvgIpc) is 2.84. The molecule has 2 saturated carbocycles. The molecule has 3 rings (SSSR count). The second-order valence-corrected chi connectivity index (χ2v) is 6.13. The Bertz CT molecular complexity index is 537. The van der Waals surface area contributed by atoms with Crippen molar-refractivity contribution in [1.82, 2.24) is 0 Å². The maximum absolute atomic E-state index is 14.0. The summed E-state index contributed by atoms with van der Waals surface area (Å²) >= 11 is 0. The Hall–Kier alpha value is -1.62. The Balaban J connectivity index is 1.65. The normalized spacial score (nSPS) is 20.9. The Kier molecular flexibility index (Phi) is 3.85. The molecule has 21 heavy (non-hydrogen) atoms. The summed E-state index contributed by atoms with van der Waals surface area (Å²) in [5.74, 6) is -0.426. The number of nitrogens with two attached hydrogens (primary N) is 1. The van der Waals surface area contributed by atoms with Gasteiger partial charge in [0, 0.05) is 11.8 Å². The third kappa shape index (κ3) is 3.02. The summed E-state index contributed by atoms with van der Waals surface area (Å²) in [5.41, 5.74) is 5.70. The third-order valence-corrected chi connectivity index (χ3v) is 4.48. The topological polar surface area (TPSA) is 64.4 Å². The number of hydrogen-bond donors (Lipinski definition) is 2. The Morgan fingerprint density at radius 2 is 2.00 bits per heavy atom. The number of nitrogens with one attached hydrogen (secondary N) is 1. The van der Waals surface area contributed by atoms with Crippen LogP contribution in [0.5, 0.6) is 5.75 Å². The molecule has 0 bridgehead atoms. The summed E-state index contributed by atoms with van der Waals surface area (Å²) in [6, 6.07) is 4.53. The van der Waals surface area contributed by atoms with Crippen molar-refractivity contribution >= 4 is 11.6 Å². The lowest BCUT2D eigenvalue weighted by atomic mass is 9.96. The van der Waals surface area contributed by atoms with Gasteiger partial charge in [-0.05, 0) is 44.2 Å². The molecule has 114 valence electrons. The van der Waals surface area contributed by atoms with Gasteiger partial charge < -0.3 is 15.8 Å². The molecule has 0 spiro atoms. The van der Waals surface area contributed by atoms with Gasteiger partial charge in [-0.2, -0.15) is 0 Å². The molecule has 2 fully saturated rings. The first-order valence-corrected chi connectivity index (χ1v) is 7.63. The minimum Gasteiger partial charge on any atom is -0.487 e. The number of halogens is 1. The fraction of sp³-hybridized carbons (Fsp3) is 0.562. The molecular weight excluding hydrogens is 271 g/mol. The van der Waals surface area contributed by atoms with E-state index < -0.39 is 11.4 Å². The van der Waals surface area contributed by atoms with Gasteiger partial charge in [0.05, 0.1) is 11.6 Å². The van der Waals surface area contributed by atoms with Crippen LogP contribution in [-0.2, 0) is 4.79 Å². The van der Waals surface area contributed by atoms with Crippen molar-refractivity contribution in [3.63, 3.8) is 0 Å². The lowest BCUT2D eigenvalue weighted by molar-refractivity contribution is -0.121. The maximum Gasteiger partial charge on any atom is 0.244 e. The number of rotatable bonds is 4. The van der Waals surface area contributed by atoms with Crippen LogP contribution >= 0.6 is 0 Å². The van der Waals surface area contributed by atoms with Gasteiger partial charge in [-0.25, -0.2) is 4.39 Å². The number of carbonyl (C=O) groups is 1. The monoisotopic (exact) mass is 292 g/mol. The first-order chi connectivity index (χ1) is 10.1. The van der Waals surface area contributed by atoms with Crippen LogP contribution in [0, 0.1) is 5.82 Å². The molecule has 3 N–H and O–H groups in total. The molecule has 0 radical (unpaired) electrons. The lowest BCUT2D eigenvalue weighted by Gasteiger charge is -2.26. The summed E-state index contributed by atoms with van der Waals surface area (Å²) in [6.07, 6.45) is 6.53. The van der Waals surface area contributed by atoms with Crippen molar-refractivity contribution in [3.8, 4) is 5.75 Å². The van der Waals surface area contributed by atoms with Crippen LogP contribution in [0.4, 0.5) is 10.1 Å². The van der Waals surface area contributed by atoms with Gasteiger partial charge >= 0.3 is 0 Å². The zero-order valence-electron chi connectivity index (χ0n) is 12.0. The highest BCUT2D eigenvalue weighted by Gasteiger charge is 2.37. The standard InChI is InChI=1S/C16H21FN2O2/c17-13-10-11(6-7-14(13)21-12-4-3-5-12)19-15(20)16(18)8-1-2-9-16/h6-7,10,12H,1-5,8-9,18H2,(H,19,20). The molecule has 1 amide bonds. The molecule has 0 aliphatic heterocycles. The van der Waals surface area contributed by atoms with Crippen LogP contribution in [-0.4, -0.2) is 17.6 Å². The van der Waals surface area contributed by atoms with Gasteiger partial charge in [-0.15, -0.1) is 0 Å². The molecule has 0 unspecified atom stereocenters. The van der Waals surface area contributed by atoms with Gasteiger partial charge in [0.25, 0.3) is 0 Å². The number of benzene rings is 1. The predicted molar refractivity (Wildman–Crippen MR) is 78.7 cm³/mol. The average molecular weight is 292 g/mol. The largest absolute Gasteiger partial charge is 0.487 e. The fourth-order valence-electron chi connectivity index (χ4n) is 2.83. The van der Waals surface area contributed by atoms with Gasteiger partial charge in [0.2, 0.25) is 5.91 Å². The summed E-state index contributed by atoms with van der Waals surface area (Å²) in [4.78, 5) is 12.2. The molecule has 2 aliphatic rings. The van der Waals surface area contributed by atoms with Gasteiger partial charge in [-0.1, -0.05) is 12.8 Å². The van der Waals surface area contributed by atoms with Crippen molar-refractivity contribution < 1.29 is 13.9 Å². The van der Waals surface area contributed by atoms with Crippen LogP contribution in [0.15, 0.2) is 18.2 Å². The number of ether oxygens (including phenoxy) is 1. The molecule has 0 saturated heterocycles. The fourth-order valence-corrected chi connectivity index (χ4v) is 2.83. The maximum atomic E-state index is 14.0. The van der Waals surface area contributed by atoms with Crippen LogP contribution in [0.1, 0.15) is 44.9 Å². The van der Waals surface area contributed by atoms with Crippen molar-refractivity contribution in [2.45, 2.75) is 56.6 Å². The summed E-state index contributed by atoms with van der Waals surface area (Å²) in [6.45, 7) is 0. The van der Waals surface area contributed by atoms with Crippen molar-refractivity contribution in [3.05, 3.63) is 24.0 Å². The van der Waals surface area contributed by atoms with E-state index in [0.717, 1.165) is 32.1 Å². The number of carbonyl (C=O) groups excluding carboxylic acids is 1. The predicted octanol–water partition coefficient (Wildman–Crippen LogP) is 2.97. The van der Waals surface area contributed by atoms with Crippen LogP contribution < -0.4 is 15.8 Å². The molecular formula is C16H21FN2O2. The van der Waals surface area contributed by atoms with E-state index in [1.165, 1.54) is 6.07 Å². The second kappa shape index (κ2) is 5.64. The van der Waals surface area contributed by atoms with E-state index in [-0.39, 0.29) is 17.8 Å². The minimum absolute atomic E-state index is 0.130. The summed E-state index contributed by atoms with van der Waals surface area (Å²) in [7, 11) is 0. The molecule has 1 aromatic rings. The molecule has 0 heterocycles. The van der Waals surface area contributed by atoms with E-state index in [0.29, 0.717) is 18.5 Å². The smallest absolute Gasteiger partial charge is 0.244 e. The Morgan fingerprint density at radius 3 is 2.57 bits per heavy atom. The summed E-state index contributed by atoms with van der Waals surface area (Å²) < 4.78 is 19.5. The second-order valence-electron chi connectivity index (χ2n) is 6.13. The first-order valence-electron chi connectivity index (χ1n) is 7.63. The molecule has 2 aliphatic carbocycles. The molecule has 5 heteroatoms. The van der Waals surface area contributed by atoms with Crippen molar-refractivity contribution in [1.29, 1.82) is 0 Å². The number of amides is 1. The van der Waals surface area contributed by atoms with Gasteiger partial charge in [-0.3, -0.25) is 4.79 Å². The highest BCUT2D eigenvalue weighted by molar-refractivity contribution is 5.98. The van der Waals surface area contributed by atoms with Crippen LogP contribution in [0.2, 0.25) is 0 Å². The minimum atomic E-state index is -0.808. The highest BCUT2D eigenvalue weighted by atomic mass is 19.1. The van der Waals surface area contributed by atoms with Crippen molar-refractivity contribution in [2.75, 3.05) is 5.32 Å². The summed E-state index contributed by atoms with van der Waals surface area (Å²) in [5, 5.41) is 2.71. The zero-order valence-corrected chi connectivity index (χ0v) is 12.0. The molecule has 1 aromatic carbocycles. The quantitative estimate of drug-likeness (QED) is 0.896. The van der Waals surface area contributed by atoms with E-state index >= 15 is 0 Å². The molecule has 4 nitrogen and oxygen atoms in total. The van der Waals surface area contributed by atoms with E-state index in [1.54, 1.807) is 12.1 Å². The molecule has 0 atom stereocenters. The van der Waals surface area contributed by atoms with E-state index in [2.05, 4.69) is 5.32 Å². The SMILES string of the molecule is NC1(C(=O)Nc2ccc(OC3CCC3)c(F)c2)CCCC1. The van der Waals surface area contributed by atoms with Crippen molar-refractivity contribution in [2.24, 2.45) is 5.73 Å². The third-order valence-electron chi connectivity index (χ3n) is 4.48. The van der Waals surface area contributed by atoms with Crippen LogP contribution in [0.3, 0.4) is 0 Å². The van der Waals surface area contributed by atoms with Crippen LogP contribution in [0.25, 0.3) is 0 Å². The molecule has 0 aromatic heterocycles. The highest BCUT2D eigenvalue weighted by Crippen LogP contribution is 2.30. The number of hydrogen-bond acceptors (Lipinski definition) is 3. The lowest BCUT2D eigenvalue weighted by Crippen LogP contribution is -2.48.